The second-order valence-corrected chi connectivity index (χ2v) is 9.52. The van der Waals surface area contributed by atoms with Crippen LogP contribution in [0.5, 0.6) is 5.75 Å². The highest BCUT2D eigenvalue weighted by molar-refractivity contribution is 5.49. The molecule has 0 aliphatic carbocycles. The maximum Gasteiger partial charge on any atom is 0.123 e. The summed E-state index contributed by atoms with van der Waals surface area (Å²) in [6.45, 7) is 17.9. The molecule has 0 radical (unpaired) electrons. The Morgan fingerprint density at radius 1 is 1.00 bits per heavy atom. The number of aromatic hydroxyl groups is 1. The molecule has 1 saturated heterocycles. The molecule has 2 N–H and O–H groups in total. The van der Waals surface area contributed by atoms with E-state index in [0.717, 1.165) is 23.7 Å². The number of nitrogens with one attached hydrogen (secondary N) is 1. The molecule has 0 saturated carbocycles. The van der Waals surface area contributed by atoms with Crippen LogP contribution in [0.25, 0.3) is 0 Å². The molecule has 0 spiro atoms. The van der Waals surface area contributed by atoms with Crippen molar-refractivity contribution in [3.63, 3.8) is 0 Å². The first kappa shape index (κ1) is 18.3. The van der Waals surface area contributed by atoms with E-state index in [1.165, 1.54) is 31.4 Å². The van der Waals surface area contributed by atoms with Gasteiger partial charge in [0.25, 0.3) is 0 Å². The topological polar surface area (TPSA) is 24.7 Å². The van der Waals surface area contributed by atoms with Gasteiger partial charge in [-0.2, -0.15) is 0 Å². The summed E-state index contributed by atoms with van der Waals surface area (Å²) >= 11 is 0. The van der Waals surface area contributed by atoms with Crippen LogP contribution in [0.3, 0.4) is 0 Å². The largest absolute Gasteiger partial charge is 0.507 e. The summed E-state index contributed by atoms with van der Waals surface area (Å²) in [6.07, 6.45) is 4.06. The third-order valence-electron chi connectivity index (χ3n) is 5.30. The summed E-state index contributed by atoms with van der Waals surface area (Å²) in [6, 6.07) is 5.24. The lowest BCUT2D eigenvalue weighted by molar-refractivity contribution is -0.941. The molecule has 2 heteroatoms. The number of hydrogen-bond acceptors (Lipinski definition) is 1. The molecular weight excluding hydrogens is 282 g/mol. The normalized spacial score (nSPS) is 23.1. The molecule has 1 heterocycles. The summed E-state index contributed by atoms with van der Waals surface area (Å²) in [4.78, 5) is 1.70. The average molecular weight is 319 g/mol. The first-order chi connectivity index (χ1) is 10.5. The molecule has 1 aliphatic rings. The van der Waals surface area contributed by atoms with Gasteiger partial charge in [-0.15, -0.1) is 0 Å². The van der Waals surface area contributed by atoms with E-state index in [-0.39, 0.29) is 10.8 Å². The van der Waals surface area contributed by atoms with Crippen molar-refractivity contribution in [2.75, 3.05) is 6.54 Å². The summed E-state index contributed by atoms with van der Waals surface area (Å²) in [5.74, 6) is 0.496. The van der Waals surface area contributed by atoms with E-state index in [1.54, 1.807) is 4.90 Å². The van der Waals surface area contributed by atoms with Crippen molar-refractivity contribution < 1.29 is 10.0 Å². The Balaban J connectivity index is 2.43. The zero-order chi connectivity index (χ0) is 17.4. The number of phenolic OH excluding ortho intramolecular Hbond substituents is 1. The fourth-order valence-corrected chi connectivity index (χ4v) is 3.72. The standard InChI is InChI=1S/C21H35NO/c1-15-10-8-9-11-22(15)14-16-12-17(20(2,3)4)19(23)18(13-16)21(5,6)7/h12-13,15,23H,8-11,14H2,1-7H3/p+1/t15-/m0/s1. The fourth-order valence-electron chi connectivity index (χ4n) is 3.72. The number of benzene rings is 1. The fraction of sp³-hybridized carbons (Fsp3) is 0.714. The maximum absolute atomic E-state index is 10.8. The van der Waals surface area contributed by atoms with Crippen LogP contribution in [0.15, 0.2) is 12.1 Å². The van der Waals surface area contributed by atoms with E-state index in [4.69, 9.17) is 0 Å². The van der Waals surface area contributed by atoms with Gasteiger partial charge < -0.3 is 10.0 Å². The molecule has 1 unspecified atom stereocenters. The van der Waals surface area contributed by atoms with Gasteiger partial charge in [-0.25, -0.2) is 0 Å². The number of hydrogen-bond donors (Lipinski definition) is 2. The van der Waals surface area contributed by atoms with E-state index in [1.807, 2.05) is 0 Å². The molecular formula is C21H36NO+. The van der Waals surface area contributed by atoms with Gasteiger partial charge in [0, 0.05) is 16.7 Å². The van der Waals surface area contributed by atoms with Gasteiger partial charge in [-0.1, -0.05) is 41.5 Å². The maximum atomic E-state index is 10.8. The van der Waals surface area contributed by atoms with Crippen molar-refractivity contribution in [3.05, 3.63) is 28.8 Å². The van der Waals surface area contributed by atoms with Crippen LogP contribution in [0, 0.1) is 0 Å². The van der Waals surface area contributed by atoms with Gasteiger partial charge in [0.15, 0.2) is 0 Å². The van der Waals surface area contributed by atoms with Gasteiger partial charge in [-0.3, -0.25) is 0 Å². The minimum atomic E-state index is -0.0387. The number of piperidine rings is 1. The van der Waals surface area contributed by atoms with Crippen LogP contribution in [-0.2, 0) is 17.4 Å². The van der Waals surface area contributed by atoms with E-state index in [0.29, 0.717) is 5.75 Å². The van der Waals surface area contributed by atoms with Crippen LogP contribution in [-0.4, -0.2) is 17.7 Å². The smallest absolute Gasteiger partial charge is 0.123 e. The molecule has 23 heavy (non-hydrogen) atoms. The van der Waals surface area contributed by atoms with Gasteiger partial charge >= 0.3 is 0 Å². The molecule has 2 atom stereocenters. The van der Waals surface area contributed by atoms with E-state index >= 15 is 0 Å². The Labute approximate surface area is 142 Å². The van der Waals surface area contributed by atoms with Gasteiger partial charge in [0.1, 0.15) is 12.3 Å². The molecule has 1 aromatic rings. The van der Waals surface area contributed by atoms with Crippen molar-refractivity contribution in [2.24, 2.45) is 0 Å². The molecule has 1 aromatic carbocycles. The average Bonchev–Trinajstić information content (AvgIpc) is 2.40. The van der Waals surface area contributed by atoms with Gasteiger partial charge in [0.05, 0.1) is 12.6 Å². The Hall–Kier alpha value is -1.02. The lowest BCUT2D eigenvalue weighted by Crippen LogP contribution is -3.14. The molecule has 0 bridgehead atoms. The van der Waals surface area contributed by atoms with Crippen molar-refractivity contribution in [1.82, 2.24) is 0 Å². The van der Waals surface area contributed by atoms with Crippen molar-refractivity contribution >= 4 is 0 Å². The molecule has 2 rings (SSSR count). The highest BCUT2D eigenvalue weighted by Crippen LogP contribution is 2.39. The highest BCUT2D eigenvalue weighted by Gasteiger charge is 2.28. The number of quaternary nitrogens is 1. The molecule has 130 valence electrons. The number of rotatable bonds is 2. The first-order valence-corrected chi connectivity index (χ1v) is 9.21. The number of phenols is 1. The Morgan fingerprint density at radius 3 is 1.96 bits per heavy atom. The lowest BCUT2D eigenvalue weighted by atomic mass is 9.78. The van der Waals surface area contributed by atoms with Crippen molar-refractivity contribution in [2.45, 2.75) is 91.1 Å². The third kappa shape index (κ3) is 4.29. The van der Waals surface area contributed by atoms with Crippen LogP contribution in [0.4, 0.5) is 0 Å². The SMILES string of the molecule is C[C@H]1CCCC[NH+]1Cc1cc(C(C)(C)C)c(O)c(C(C)(C)C)c1. The Bertz CT molecular complexity index is 513. The van der Waals surface area contributed by atoms with Crippen LogP contribution < -0.4 is 4.90 Å². The molecule has 1 aliphatic heterocycles. The molecule has 1 fully saturated rings. The molecule has 0 aromatic heterocycles. The number of likely N-dealkylation sites (tertiary alicyclic amines) is 1. The van der Waals surface area contributed by atoms with Gasteiger partial charge in [-0.05, 0) is 49.1 Å². The summed E-state index contributed by atoms with van der Waals surface area (Å²) in [7, 11) is 0. The minimum Gasteiger partial charge on any atom is -0.507 e. The van der Waals surface area contributed by atoms with Crippen LogP contribution >= 0.6 is 0 Å². The van der Waals surface area contributed by atoms with Gasteiger partial charge in [0.2, 0.25) is 0 Å². The quantitative estimate of drug-likeness (QED) is 0.848. The molecule has 0 amide bonds. The zero-order valence-corrected chi connectivity index (χ0v) is 16.2. The minimum absolute atomic E-state index is 0.0387. The second kappa shape index (κ2) is 6.47. The summed E-state index contributed by atoms with van der Waals surface area (Å²) in [5.41, 5.74) is 3.47. The van der Waals surface area contributed by atoms with E-state index < -0.39 is 0 Å². The third-order valence-corrected chi connectivity index (χ3v) is 5.30. The van der Waals surface area contributed by atoms with E-state index in [2.05, 4.69) is 60.6 Å². The summed E-state index contributed by atoms with van der Waals surface area (Å²) < 4.78 is 0. The van der Waals surface area contributed by atoms with Crippen LogP contribution in [0.2, 0.25) is 0 Å². The van der Waals surface area contributed by atoms with E-state index in [9.17, 15) is 5.11 Å². The predicted octanol–water partition coefficient (Wildman–Crippen LogP) is 3.94. The lowest BCUT2D eigenvalue weighted by Gasteiger charge is -2.32. The molecule has 2 nitrogen and oxygen atoms in total. The second-order valence-electron chi connectivity index (χ2n) is 9.52. The zero-order valence-electron chi connectivity index (χ0n) is 16.2. The first-order valence-electron chi connectivity index (χ1n) is 9.21. The summed E-state index contributed by atoms with van der Waals surface area (Å²) in [5, 5.41) is 10.8. The Kier molecular flexibility index (Phi) is 5.15. The van der Waals surface area contributed by atoms with Crippen molar-refractivity contribution in [1.29, 1.82) is 0 Å². The Morgan fingerprint density at radius 2 is 1.52 bits per heavy atom. The predicted molar refractivity (Wildman–Crippen MR) is 98.4 cm³/mol. The van der Waals surface area contributed by atoms with Crippen molar-refractivity contribution in [3.8, 4) is 5.75 Å². The highest BCUT2D eigenvalue weighted by atomic mass is 16.3. The van der Waals surface area contributed by atoms with Crippen LogP contribution in [0.1, 0.15) is 84.4 Å². The monoisotopic (exact) mass is 318 g/mol.